The molecule has 0 aromatic heterocycles. The van der Waals surface area contributed by atoms with E-state index < -0.39 is 10.0 Å². The maximum absolute atomic E-state index is 12.4. The molecular formula is C14H21NO3S. The van der Waals surface area contributed by atoms with Gasteiger partial charge in [0.1, 0.15) is 0 Å². The number of hydrogen-bond acceptors (Lipinski definition) is 3. The van der Waals surface area contributed by atoms with Crippen molar-refractivity contribution in [3.05, 3.63) is 12.7 Å². The molecule has 0 aromatic carbocycles. The SMILES string of the molecule is C=CCC(=O)N1[C@@H]2C[C@H]3CC[C@]2(CS1(=O)=O)C3(C)C. The molecule has 0 radical (unpaired) electrons. The van der Waals surface area contributed by atoms with E-state index in [1.807, 2.05) is 0 Å². The first kappa shape index (κ1) is 13.2. The van der Waals surface area contributed by atoms with Crippen LogP contribution in [0.3, 0.4) is 0 Å². The van der Waals surface area contributed by atoms with E-state index in [2.05, 4.69) is 20.4 Å². The molecule has 3 aliphatic rings. The standard InChI is InChI=1S/C14H21NO3S/c1-4-5-12(16)15-11-8-10-6-7-14(11,13(10,2)3)9-19(15,17)18/h4,10-11H,1,5-9H2,2-3H3/t10-,11-,14-/m1/s1. The molecular weight excluding hydrogens is 262 g/mol. The molecule has 1 spiro atoms. The first-order valence-corrected chi connectivity index (χ1v) is 8.53. The first-order chi connectivity index (χ1) is 8.76. The fourth-order valence-electron chi connectivity index (χ4n) is 4.83. The Balaban J connectivity index is 2.06. The molecule has 1 aliphatic heterocycles. The summed E-state index contributed by atoms with van der Waals surface area (Å²) in [5, 5.41) is 0. The van der Waals surface area contributed by atoms with E-state index in [1.165, 1.54) is 10.4 Å². The summed E-state index contributed by atoms with van der Waals surface area (Å²) in [6.45, 7) is 7.90. The van der Waals surface area contributed by atoms with Crippen molar-refractivity contribution in [2.75, 3.05) is 5.75 Å². The van der Waals surface area contributed by atoms with Crippen molar-refractivity contribution in [1.82, 2.24) is 4.31 Å². The number of carbonyl (C=O) groups excluding carboxylic acids is 1. The maximum Gasteiger partial charge on any atom is 0.240 e. The average molecular weight is 283 g/mol. The van der Waals surface area contributed by atoms with Gasteiger partial charge < -0.3 is 0 Å². The Kier molecular flexibility index (Phi) is 2.51. The second-order valence-electron chi connectivity index (χ2n) is 6.80. The van der Waals surface area contributed by atoms with E-state index in [1.54, 1.807) is 0 Å². The number of nitrogens with zero attached hydrogens (tertiary/aromatic N) is 1. The molecule has 4 nitrogen and oxygen atoms in total. The summed E-state index contributed by atoms with van der Waals surface area (Å²) < 4.78 is 26.1. The van der Waals surface area contributed by atoms with Crippen LogP contribution in [0.4, 0.5) is 0 Å². The normalized spacial score (nSPS) is 41.3. The van der Waals surface area contributed by atoms with Crippen LogP contribution in [0.25, 0.3) is 0 Å². The smallest absolute Gasteiger partial charge is 0.240 e. The fourth-order valence-corrected chi connectivity index (χ4v) is 7.39. The van der Waals surface area contributed by atoms with Crippen molar-refractivity contribution in [3.63, 3.8) is 0 Å². The van der Waals surface area contributed by atoms with Crippen LogP contribution in [0.15, 0.2) is 12.7 Å². The van der Waals surface area contributed by atoms with Crippen molar-refractivity contribution >= 4 is 15.9 Å². The predicted molar refractivity (Wildman–Crippen MR) is 72.8 cm³/mol. The van der Waals surface area contributed by atoms with E-state index in [-0.39, 0.29) is 35.0 Å². The van der Waals surface area contributed by atoms with Gasteiger partial charge in [0.25, 0.3) is 0 Å². The summed E-state index contributed by atoms with van der Waals surface area (Å²) >= 11 is 0. The van der Waals surface area contributed by atoms with Crippen LogP contribution in [0, 0.1) is 16.7 Å². The summed E-state index contributed by atoms with van der Waals surface area (Å²) in [4.78, 5) is 12.2. The molecule has 2 bridgehead atoms. The van der Waals surface area contributed by atoms with Crippen molar-refractivity contribution in [1.29, 1.82) is 0 Å². The molecule has 2 saturated carbocycles. The van der Waals surface area contributed by atoms with E-state index in [9.17, 15) is 13.2 Å². The van der Waals surface area contributed by atoms with E-state index in [0.717, 1.165) is 19.3 Å². The third-order valence-corrected chi connectivity index (χ3v) is 7.91. The Morgan fingerprint density at radius 1 is 1.47 bits per heavy atom. The lowest BCUT2D eigenvalue weighted by atomic mass is 9.69. The van der Waals surface area contributed by atoms with Crippen molar-refractivity contribution in [3.8, 4) is 0 Å². The van der Waals surface area contributed by atoms with Gasteiger partial charge in [-0.1, -0.05) is 19.9 Å². The highest BCUT2D eigenvalue weighted by Crippen LogP contribution is 2.69. The van der Waals surface area contributed by atoms with Crippen LogP contribution < -0.4 is 0 Å². The molecule has 3 fully saturated rings. The summed E-state index contributed by atoms with van der Waals surface area (Å²) in [5.41, 5.74) is -0.193. The molecule has 2 aliphatic carbocycles. The molecule has 0 aromatic rings. The Bertz CT molecular complexity index is 551. The highest BCUT2D eigenvalue weighted by Gasteiger charge is 2.72. The quantitative estimate of drug-likeness (QED) is 0.728. The number of rotatable bonds is 2. The van der Waals surface area contributed by atoms with Gasteiger partial charge in [0.2, 0.25) is 15.9 Å². The van der Waals surface area contributed by atoms with Crippen LogP contribution in [0.1, 0.15) is 39.5 Å². The first-order valence-electron chi connectivity index (χ1n) is 6.92. The molecule has 3 atom stereocenters. The number of sulfonamides is 1. The lowest BCUT2D eigenvalue weighted by Crippen LogP contribution is -2.44. The third kappa shape index (κ3) is 1.40. The van der Waals surface area contributed by atoms with E-state index >= 15 is 0 Å². The van der Waals surface area contributed by atoms with Gasteiger partial charge in [-0.05, 0) is 30.6 Å². The lowest BCUT2D eigenvalue weighted by Gasteiger charge is -2.37. The van der Waals surface area contributed by atoms with Crippen molar-refractivity contribution in [2.24, 2.45) is 16.7 Å². The lowest BCUT2D eigenvalue weighted by molar-refractivity contribution is -0.128. The summed E-state index contributed by atoms with van der Waals surface area (Å²) in [6, 6.07) is -0.112. The second-order valence-corrected chi connectivity index (χ2v) is 8.65. The largest absolute Gasteiger partial charge is 0.273 e. The molecule has 19 heavy (non-hydrogen) atoms. The molecule has 1 saturated heterocycles. The minimum Gasteiger partial charge on any atom is -0.273 e. The third-order valence-electron chi connectivity index (χ3n) is 5.98. The van der Waals surface area contributed by atoms with E-state index in [4.69, 9.17) is 0 Å². The zero-order valence-corrected chi connectivity index (χ0v) is 12.4. The molecule has 5 heteroatoms. The summed E-state index contributed by atoms with van der Waals surface area (Å²) in [5.74, 6) is 0.393. The van der Waals surface area contributed by atoms with Gasteiger partial charge in [0.05, 0.1) is 11.8 Å². The summed E-state index contributed by atoms with van der Waals surface area (Å²) in [6.07, 6.45) is 4.47. The van der Waals surface area contributed by atoms with Crippen LogP contribution >= 0.6 is 0 Å². The van der Waals surface area contributed by atoms with Gasteiger partial charge in [-0.25, -0.2) is 12.7 Å². The molecule has 0 N–H and O–H groups in total. The molecule has 0 unspecified atom stereocenters. The van der Waals surface area contributed by atoms with Gasteiger partial charge in [-0.3, -0.25) is 4.79 Å². The van der Waals surface area contributed by atoms with Gasteiger partial charge in [-0.2, -0.15) is 0 Å². The minimum atomic E-state index is -3.45. The Morgan fingerprint density at radius 2 is 2.16 bits per heavy atom. The van der Waals surface area contributed by atoms with Crippen LogP contribution in [-0.2, 0) is 14.8 Å². The highest BCUT2D eigenvalue weighted by molar-refractivity contribution is 7.90. The number of hydrogen-bond donors (Lipinski definition) is 0. The monoisotopic (exact) mass is 283 g/mol. The van der Waals surface area contributed by atoms with Gasteiger partial charge in [0, 0.05) is 11.8 Å². The predicted octanol–water partition coefficient (Wildman–Crippen LogP) is 1.93. The number of fused-ring (bicyclic) bond motifs is 1. The average Bonchev–Trinajstić information content (AvgIpc) is 2.75. The Hall–Kier alpha value is -0.840. The molecule has 3 rings (SSSR count). The van der Waals surface area contributed by atoms with Gasteiger partial charge >= 0.3 is 0 Å². The van der Waals surface area contributed by atoms with Gasteiger partial charge in [0.15, 0.2) is 0 Å². The van der Waals surface area contributed by atoms with Crippen LogP contribution in [0.2, 0.25) is 0 Å². The van der Waals surface area contributed by atoms with Crippen molar-refractivity contribution in [2.45, 2.75) is 45.6 Å². The molecule has 1 heterocycles. The van der Waals surface area contributed by atoms with Crippen molar-refractivity contribution < 1.29 is 13.2 Å². The Labute approximate surface area is 114 Å². The van der Waals surface area contributed by atoms with Gasteiger partial charge in [-0.15, -0.1) is 6.58 Å². The van der Waals surface area contributed by atoms with Crippen LogP contribution in [-0.4, -0.2) is 30.4 Å². The second kappa shape index (κ2) is 3.62. The molecule has 106 valence electrons. The maximum atomic E-state index is 12.4. The van der Waals surface area contributed by atoms with E-state index in [0.29, 0.717) is 5.92 Å². The highest BCUT2D eigenvalue weighted by atomic mass is 32.2. The minimum absolute atomic E-state index is 0.0218. The number of carbonyl (C=O) groups is 1. The molecule has 1 amide bonds. The summed E-state index contributed by atoms with van der Waals surface area (Å²) in [7, 11) is -3.45. The fraction of sp³-hybridized carbons (Fsp3) is 0.786. The zero-order valence-electron chi connectivity index (χ0n) is 11.6. The van der Waals surface area contributed by atoms with Crippen LogP contribution in [0.5, 0.6) is 0 Å². The Morgan fingerprint density at radius 3 is 2.74 bits per heavy atom. The zero-order chi connectivity index (χ0) is 14.1. The number of amides is 1. The topological polar surface area (TPSA) is 54.5 Å².